The number of anilines is 1. The van der Waals surface area contributed by atoms with Crippen molar-refractivity contribution >= 4 is 46.6 Å². The van der Waals surface area contributed by atoms with Crippen molar-refractivity contribution in [2.24, 2.45) is 11.8 Å². The predicted octanol–water partition coefficient (Wildman–Crippen LogP) is 4.21. The van der Waals surface area contributed by atoms with E-state index in [4.69, 9.17) is 21.1 Å². The molecule has 2 heterocycles. The van der Waals surface area contributed by atoms with Gasteiger partial charge in [0.15, 0.2) is 0 Å². The molecule has 8 nitrogen and oxygen atoms in total. The van der Waals surface area contributed by atoms with Gasteiger partial charge in [0.25, 0.3) is 0 Å². The highest BCUT2D eigenvalue weighted by Crippen LogP contribution is 2.57. The lowest BCUT2D eigenvalue weighted by molar-refractivity contribution is -0.127. The van der Waals surface area contributed by atoms with E-state index in [-0.39, 0.29) is 29.0 Å². The summed E-state index contributed by atoms with van der Waals surface area (Å²) in [6.07, 6.45) is -1.10. The van der Waals surface area contributed by atoms with Gasteiger partial charge in [-0.1, -0.05) is 54.1 Å². The highest BCUT2D eigenvalue weighted by molar-refractivity contribution is 6.37. The van der Waals surface area contributed by atoms with Crippen LogP contribution in [0.2, 0.25) is 5.02 Å². The van der Waals surface area contributed by atoms with Crippen LogP contribution < -0.4 is 4.90 Å². The molecule has 0 N–H and O–H groups in total. The molecule has 0 saturated carbocycles. The molecule has 190 valence electrons. The van der Waals surface area contributed by atoms with Gasteiger partial charge in [0.2, 0.25) is 29.0 Å². The van der Waals surface area contributed by atoms with E-state index in [0.29, 0.717) is 10.6 Å². The number of rotatable bonds is 4. The second-order valence-corrected chi connectivity index (χ2v) is 9.75. The van der Waals surface area contributed by atoms with Crippen molar-refractivity contribution in [3.05, 3.63) is 100 Å². The van der Waals surface area contributed by atoms with Crippen LogP contribution in [0.15, 0.2) is 72.8 Å². The van der Waals surface area contributed by atoms with Crippen LogP contribution in [0, 0.1) is 11.8 Å². The molecule has 1 aliphatic carbocycles. The maximum Gasteiger partial charge on any atom is 0.338 e. The Labute approximate surface area is 222 Å². The number of imide groups is 1. The Morgan fingerprint density at radius 2 is 1.58 bits per heavy atom. The SMILES string of the molecule is CCOC(=O)c1ccc([C@@H]2OC3(C(=O)c4ccccc4C3=O)[C@@H]3C(=O)N(c4cccc(Cl)c4)C(=O)[C@H]32)cc1. The number of hydrogen-bond acceptors (Lipinski definition) is 7. The lowest BCUT2D eigenvalue weighted by Crippen LogP contribution is -2.51. The third-order valence-corrected chi connectivity index (χ3v) is 7.57. The topological polar surface area (TPSA) is 107 Å². The first-order valence-electron chi connectivity index (χ1n) is 12.1. The van der Waals surface area contributed by atoms with Crippen molar-refractivity contribution in [2.45, 2.75) is 18.6 Å². The average Bonchev–Trinajstić information content (AvgIpc) is 3.49. The summed E-state index contributed by atoms with van der Waals surface area (Å²) in [6.45, 7) is 1.90. The third kappa shape index (κ3) is 3.23. The van der Waals surface area contributed by atoms with E-state index >= 15 is 0 Å². The van der Waals surface area contributed by atoms with Gasteiger partial charge in [-0.3, -0.25) is 19.2 Å². The van der Waals surface area contributed by atoms with Gasteiger partial charge in [-0.2, -0.15) is 0 Å². The van der Waals surface area contributed by atoms with Gasteiger partial charge in [0.05, 0.1) is 35.8 Å². The molecule has 9 heteroatoms. The summed E-state index contributed by atoms with van der Waals surface area (Å²) in [5.41, 5.74) is -0.917. The van der Waals surface area contributed by atoms with Crippen molar-refractivity contribution < 1.29 is 33.4 Å². The number of amides is 2. The maximum absolute atomic E-state index is 13.9. The van der Waals surface area contributed by atoms with E-state index in [0.717, 1.165) is 4.90 Å². The molecule has 0 radical (unpaired) electrons. The highest BCUT2D eigenvalue weighted by atomic mass is 35.5. The number of Topliss-reactive ketones (excluding diaryl/α,β-unsaturated/α-hetero) is 2. The van der Waals surface area contributed by atoms with Crippen LogP contribution >= 0.6 is 11.6 Å². The number of benzene rings is 3. The van der Waals surface area contributed by atoms with Gasteiger partial charge in [-0.15, -0.1) is 0 Å². The van der Waals surface area contributed by atoms with Crippen LogP contribution in [0.4, 0.5) is 5.69 Å². The zero-order valence-electron chi connectivity index (χ0n) is 20.1. The Hall–Kier alpha value is -4.14. The molecule has 2 fully saturated rings. The summed E-state index contributed by atoms with van der Waals surface area (Å²) in [5, 5.41) is 0.317. The fourth-order valence-corrected chi connectivity index (χ4v) is 5.90. The minimum atomic E-state index is -2.18. The summed E-state index contributed by atoms with van der Waals surface area (Å²) < 4.78 is 11.3. The van der Waals surface area contributed by atoms with Gasteiger partial charge in [0, 0.05) is 16.1 Å². The standard InChI is InChI=1S/C29H20ClNO7/c1-2-37-28(36)16-12-10-15(11-13-16)23-21-22(27(35)31(26(21)34)18-7-5-6-17(30)14-18)29(38-23)24(32)19-8-3-4-9-20(19)25(29)33/h3-14,21-23H,2H2,1H3/t21-,22+,23+/m1/s1. The molecule has 6 rings (SSSR count). The van der Waals surface area contributed by atoms with Gasteiger partial charge >= 0.3 is 5.97 Å². The number of ketones is 2. The van der Waals surface area contributed by atoms with Crippen LogP contribution in [0.1, 0.15) is 49.7 Å². The van der Waals surface area contributed by atoms with Crippen LogP contribution in [-0.4, -0.2) is 41.6 Å². The van der Waals surface area contributed by atoms with Crippen molar-refractivity contribution in [3.63, 3.8) is 0 Å². The van der Waals surface area contributed by atoms with Crippen molar-refractivity contribution in [1.29, 1.82) is 0 Å². The van der Waals surface area contributed by atoms with Crippen LogP contribution in [0.5, 0.6) is 0 Å². The van der Waals surface area contributed by atoms with E-state index in [9.17, 15) is 24.0 Å². The average molecular weight is 530 g/mol. The second-order valence-electron chi connectivity index (χ2n) is 9.32. The van der Waals surface area contributed by atoms with Crippen molar-refractivity contribution in [1.82, 2.24) is 0 Å². The molecule has 0 aromatic heterocycles. The number of carbonyl (C=O) groups excluding carboxylic acids is 5. The molecule has 3 atom stereocenters. The number of fused-ring (bicyclic) bond motifs is 3. The second kappa shape index (κ2) is 8.72. The first-order valence-corrected chi connectivity index (χ1v) is 12.4. The van der Waals surface area contributed by atoms with E-state index in [1.807, 2.05) is 0 Å². The fourth-order valence-electron chi connectivity index (χ4n) is 5.71. The number of halogens is 1. The minimum Gasteiger partial charge on any atom is -0.462 e. The Kier molecular flexibility index (Phi) is 5.55. The summed E-state index contributed by atoms with van der Waals surface area (Å²) in [7, 11) is 0. The maximum atomic E-state index is 13.9. The van der Waals surface area contributed by atoms with E-state index in [1.54, 1.807) is 49.4 Å². The normalized spacial score (nSPS) is 23.2. The molecule has 3 aromatic carbocycles. The number of carbonyl (C=O) groups is 5. The van der Waals surface area contributed by atoms with E-state index < -0.39 is 52.9 Å². The molecule has 38 heavy (non-hydrogen) atoms. The van der Waals surface area contributed by atoms with Gasteiger partial charge in [-0.25, -0.2) is 9.69 Å². The smallest absolute Gasteiger partial charge is 0.338 e. The van der Waals surface area contributed by atoms with Crippen molar-refractivity contribution in [3.8, 4) is 0 Å². The predicted molar refractivity (Wildman–Crippen MR) is 135 cm³/mol. The lowest BCUT2D eigenvalue weighted by atomic mass is 9.77. The molecule has 2 amide bonds. The van der Waals surface area contributed by atoms with Gasteiger partial charge in [0.1, 0.15) is 0 Å². The number of hydrogen-bond donors (Lipinski definition) is 0. The molecule has 2 aliphatic heterocycles. The molecule has 0 bridgehead atoms. The van der Waals surface area contributed by atoms with Crippen molar-refractivity contribution in [2.75, 3.05) is 11.5 Å². The van der Waals surface area contributed by atoms with Crippen LogP contribution in [0.25, 0.3) is 0 Å². The van der Waals surface area contributed by atoms with Gasteiger partial charge in [-0.05, 0) is 42.8 Å². The van der Waals surface area contributed by atoms with Crippen LogP contribution in [-0.2, 0) is 19.1 Å². The minimum absolute atomic E-state index is 0.149. The summed E-state index contributed by atoms with van der Waals surface area (Å²) in [5.74, 6) is -5.65. The summed E-state index contributed by atoms with van der Waals surface area (Å²) in [6, 6.07) is 18.7. The highest BCUT2D eigenvalue weighted by Gasteiger charge is 2.74. The lowest BCUT2D eigenvalue weighted by Gasteiger charge is -2.27. The molecule has 0 unspecified atom stereocenters. The van der Waals surface area contributed by atoms with Crippen LogP contribution in [0.3, 0.4) is 0 Å². The summed E-state index contributed by atoms with van der Waals surface area (Å²) in [4.78, 5) is 68.5. The zero-order chi connectivity index (χ0) is 26.8. The molecular weight excluding hydrogens is 510 g/mol. The fraction of sp³-hybridized carbons (Fsp3) is 0.207. The largest absolute Gasteiger partial charge is 0.462 e. The Bertz CT molecular complexity index is 1510. The Balaban J connectivity index is 1.49. The van der Waals surface area contributed by atoms with Gasteiger partial charge < -0.3 is 9.47 Å². The van der Waals surface area contributed by atoms with E-state index in [1.165, 1.54) is 30.3 Å². The first kappa shape index (κ1) is 24.2. The molecule has 3 aromatic rings. The molecule has 2 saturated heterocycles. The number of ether oxygens (including phenoxy) is 2. The third-order valence-electron chi connectivity index (χ3n) is 7.34. The van der Waals surface area contributed by atoms with E-state index in [2.05, 4.69) is 0 Å². The monoisotopic (exact) mass is 529 g/mol. The molecule has 3 aliphatic rings. The Morgan fingerprint density at radius 1 is 0.921 bits per heavy atom. The summed E-state index contributed by atoms with van der Waals surface area (Å²) >= 11 is 6.13. The number of esters is 1. The first-order chi connectivity index (χ1) is 18.3. The number of nitrogens with zero attached hydrogens (tertiary/aromatic N) is 1. The quantitative estimate of drug-likeness (QED) is 0.283. The Morgan fingerprint density at radius 3 is 2.18 bits per heavy atom. The molecular formula is C29H20ClNO7. The zero-order valence-corrected chi connectivity index (χ0v) is 20.8. The molecule has 1 spiro atoms.